The van der Waals surface area contributed by atoms with Gasteiger partial charge in [0.05, 0.1) is 0 Å². The summed E-state index contributed by atoms with van der Waals surface area (Å²) in [4.78, 5) is 12.2. The lowest BCUT2D eigenvalue weighted by Crippen LogP contribution is -2.34. The number of alkyl carbamates (subject to hydrolysis) is 1. The Bertz CT molecular complexity index is 599. The highest BCUT2D eigenvalue weighted by molar-refractivity contribution is 5.67. The SMILES string of the molecule is CC(C)CC1CC(C)CC(OC(=O)NCc2ccc3c(c2)OCO3)C1. The van der Waals surface area contributed by atoms with E-state index in [0.29, 0.717) is 24.3 Å². The van der Waals surface area contributed by atoms with Gasteiger partial charge < -0.3 is 19.5 Å². The van der Waals surface area contributed by atoms with Gasteiger partial charge in [-0.1, -0.05) is 26.8 Å². The Kier molecular flexibility index (Phi) is 5.71. The molecule has 138 valence electrons. The maximum Gasteiger partial charge on any atom is 0.407 e. The first-order chi connectivity index (χ1) is 12.0. The van der Waals surface area contributed by atoms with E-state index in [0.717, 1.165) is 29.9 Å². The van der Waals surface area contributed by atoms with Gasteiger partial charge in [-0.15, -0.1) is 0 Å². The van der Waals surface area contributed by atoms with Crippen molar-refractivity contribution in [3.05, 3.63) is 23.8 Å². The van der Waals surface area contributed by atoms with E-state index in [1.165, 1.54) is 12.8 Å². The smallest absolute Gasteiger partial charge is 0.407 e. The Hall–Kier alpha value is -1.91. The highest BCUT2D eigenvalue weighted by Crippen LogP contribution is 2.35. The van der Waals surface area contributed by atoms with Crippen LogP contribution in [0.2, 0.25) is 0 Å². The van der Waals surface area contributed by atoms with Crippen LogP contribution < -0.4 is 14.8 Å². The van der Waals surface area contributed by atoms with Crippen LogP contribution in [0.4, 0.5) is 4.79 Å². The van der Waals surface area contributed by atoms with Crippen molar-refractivity contribution in [1.82, 2.24) is 5.32 Å². The fourth-order valence-electron chi connectivity index (χ4n) is 4.05. The molecule has 1 saturated carbocycles. The first-order valence-corrected chi connectivity index (χ1v) is 9.32. The molecule has 1 aromatic carbocycles. The maximum absolute atomic E-state index is 12.2. The normalized spacial score (nSPS) is 25.0. The van der Waals surface area contributed by atoms with Gasteiger partial charge in [-0.3, -0.25) is 0 Å². The van der Waals surface area contributed by atoms with Gasteiger partial charge in [0.15, 0.2) is 11.5 Å². The van der Waals surface area contributed by atoms with Gasteiger partial charge >= 0.3 is 6.09 Å². The number of hydrogen-bond acceptors (Lipinski definition) is 4. The summed E-state index contributed by atoms with van der Waals surface area (Å²) in [5, 5.41) is 2.85. The lowest BCUT2D eigenvalue weighted by molar-refractivity contribution is 0.0391. The summed E-state index contributed by atoms with van der Waals surface area (Å²) in [5.41, 5.74) is 0.968. The van der Waals surface area contributed by atoms with Gasteiger partial charge in [-0.05, 0) is 61.1 Å². The summed E-state index contributed by atoms with van der Waals surface area (Å²) < 4.78 is 16.3. The van der Waals surface area contributed by atoms with Crippen LogP contribution in [0.5, 0.6) is 11.5 Å². The second-order valence-electron chi connectivity index (χ2n) is 7.88. The molecule has 5 heteroatoms. The van der Waals surface area contributed by atoms with Crippen molar-refractivity contribution in [2.75, 3.05) is 6.79 Å². The number of carbonyl (C=O) groups is 1. The van der Waals surface area contributed by atoms with Crippen LogP contribution in [0.1, 0.15) is 52.0 Å². The van der Waals surface area contributed by atoms with Gasteiger partial charge in [0.25, 0.3) is 0 Å². The monoisotopic (exact) mass is 347 g/mol. The van der Waals surface area contributed by atoms with Crippen molar-refractivity contribution in [3.63, 3.8) is 0 Å². The molecule has 2 aliphatic rings. The number of amides is 1. The second kappa shape index (κ2) is 7.98. The number of fused-ring (bicyclic) bond motifs is 1. The van der Waals surface area contributed by atoms with Crippen molar-refractivity contribution in [2.24, 2.45) is 17.8 Å². The molecular formula is C20H29NO4. The average Bonchev–Trinajstić information content (AvgIpc) is 2.99. The third-order valence-corrected chi connectivity index (χ3v) is 4.95. The minimum atomic E-state index is -0.333. The zero-order valence-corrected chi connectivity index (χ0v) is 15.4. The molecule has 0 radical (unpaired) electrons. The van der Waals surface area contributed by atoms with Crippen LogP contribution in [-0.2, 0) is 11.3 Å². The van der Waals surface area contributed by atoms with Gasteiger partial charge in [0.2, 0.25) is 6.79 Å². The molecule has 0 aromatic heterocycles. The first kappa shape index (κ1) is 17.9. The molecule has 0 bridgehead atoms. The van der Waals surface area contributed by atoms with Gasteiger partial charge in [0, 0.05) is 6.54 Å². The van der Waals surface area contributed by atoms with Crippen molar-refractivity contribution in [1.29, 1.82) is 0 Å². The average molecular weight is 347 g/mol. The molecule has 5 nitrogen and oxygen atoms in total. The van der Waals surface area contributed by atoms with E-state index >= 15 is 0 Å². The quantitative estimate of drug-likeness (QED) is 0.852. The number of rotatable bonds is 5. The Morgan fingerprint density at radius 1 is 1.24 bits per heavy atom. The fourth-order valence-corrected chi connectivity index (χ4v) is 4.05. The topological polar surface area (TPSA) is 56.8 Å². The van der Waals surface area contributed by atoms with Crippen LogP contribution in [0.25, 0.3) is 0 Å². The molecule has 1 N–H and O–H groups in total. The van der Waals surface area contributed by atoms with Crippen molar-refractivity contribution in [2.45, 2.75) is 59.1 Å². The van der Waals surface area contributed by atoms with E-state index < -0.39 is 0 Å². The van der Waals surface area contributed by atoms with Gasteiger partial charge in [-0.25, -0.2) is 4.79 Å². The molecule has 3 unspecified atom stereocenters. The third kappa shape index (κ3) is 5.03. The zero-order chi connectivity index (χ0) is 17.8. The molecule has 1 amide bonds. The van der Waals surface area contributed by atoms with Gasteiger partial charge in [-0.2, -0.15) is 0 Å². The van der Waals surface area contributed by atoms with Crippen LogP contribution in [-0.4, -0.2) is 19.0 Å². The molecule has 1 aromatic rings. The van der Waals surface area contributed by atoms with Crippen LogP contribution in [0.3, 0.4) is 0 Å². The second-order valence-corrected chi connectivity index (χ2v) is 7.88. The minimum absolute atomic E-state index is 0.0317. The van der Waals surface area contributed by atoms with Crippen LogP contribution >= 0.6 is 0 Å². The Labute approximate surface area is 150 Å². The summed E-state index contributed by atoms with van der Waals surface area (Å²) in [7, 11) is 0. The number of benzene rings is 1. The van der Waals surface area contributed by atoms with Crippen molar-refractivity contribution >= 4 is 6.09 Å². The summed E-state index contributed by atoms with van der Waals surface area (Å²) >= 11 is 0. The molecule has 1 aliphatic carbocycles. The summed E-state index contributed by atoms with van der Waals surface area (Å²) in [6.07, 6.45) is 4.11. The van der Waals surface area contributed by atoms with E-state index in [2.05, 4.69) is 26.1 Å². The minimum Gasteiger partial charge on any atom is -0.454 e. The Morgan fingerprint density at radius 3 is 2.84 bits per heavy atom. The number of hydrogen-bond donors (Lipinski definition) is 1. The standard InChI is InChI=1S/C20H29NO4/c1-13(2)6-16-7-14(3)8-17(9-16)25-20(22)21-11-15-4-5-18-19(10-15)24-12-23-18/h4-5,10,13-14,16-17H,6-9,11-12H2,1-3H3,(H,21,22). The van der Waals surface area contributed by atoms with E-state index in [1.54, 1.807) is 0 Å². The molecule has 3 rings (SSSR count). The highest BCUT2D eigenvalue weighted by atomic mass is 16.7. The molecular weight excluding hydrogens is 318 g/mol. The lowest BCUT2D eigenvalue weighted by atomic mass is 9.77. The summed E-state index contributed by atoms with van der Waals surface area (Å²) in [6.45, 7) is 7.45. The molecule has 1 fully saturated rings. The lowest BCUT2D eigenvalue weighted by Gasteiger charge is -2.33. The molecule has 0 saturated heterocycles. The Balaban J connectivity index is 1.47. The highest BCUT2D eigenvalue weighted by Gasteiger charge is 2.29. The van der Waals surface area contributed by atoms with E-state index in [4.69, 9.17) is 14.2 Å². The predicted molar refractivity (Wildman–Crippen MR) is 95.6 cm³/mol. The van der Waals surface area contributed by atoms with Crippen molar-refractivity contribution in [3.8, 4) is 11.5 Å². The molecule has 25 heavy (non-hydrogen) atoms. The van der Waals surface area contributed by atoms with Gasteiger partial charge in [0.1, 0.15) is 6.10 Å². The van der Waals surface area contributed by atoms with E-state index in [-0.39, 0.29) is 19.0 Å². The number of ether oxygens (including phenoxy) is 3. The molecule has 3 atom stereocenters. The molecule has 1 aliphatic heterocycles. The Morgan fingerprint density at radius 2 is 2.04 bits per heavy atom. The van der Waals surface area contributed by atoms with E-state index in [1.807, 2.05) is 18.2 Å². The first-order valence-electron chi connectivity index (χ1n) is 9.32. The predicted octanol–water partition coefficient (Wildman–Crippen LogP) is 4.49. The number of nitrogens with one attached hydrogen (secondary N) is 1. The fraction of sp³-hybridized carbons (Fsp3) is 0.650. The van der Waals surface area contributed by atoms with Crippen LogP contribution in [0.15, 0.2) is 18.2 Å². The molecule has 0 spiro atoms. The third-order valence-electron chi connectivity index (χ3n) is 4.95. The molecule has 1 heterocycles. The summed E-state index contributed by atoms with van der Waals surface area (Å²) in [5.74, 6) is 3.44. The van der Waals surface area contributed by atoms with E-state index in [9.17, 15) is 4.79 Å². The largest absolute Gasteiger partial charge is 0.454 e. The summed E-state index contributed by atoms with van der Waals surface area (Å²) in [6, 6.07) is 5.68. The zero-order valence-electron chi connectivity index (χ0n) is 15.4. The maximum atomic E-state index is 12.2. The van der Waals surface area contributed by atoms with Crippen molar-refractivity contribution < 1.29 is 19.0 Å². The van der Waals surface area contributed by atoms with Crippen LogP contribution in [0, 0.1) is 17.8 Å². The number of carbonyl (C=O) groups excluding carboxylic acids is 1.